The second-order valence-electron chi connectivity index (χ2n) is 6.41. The van der Waals surface area contributed by atoms with Crippen LogP contribution in [-0.2, 0) is 11.3 Å². The van der Waals surface area contributed by atoms with Crippen molar-refractivity contribution < 1.29 is 18.3 Å². The maximum absolute atomic E-state index is 13.3. The molecule has 0 bridgehead atoms. The van der Waals surface area contributed by atoms with Gasteiger partial charge in [-0.2, -0.15) is 0 Å². The highest BCUT2D eigenvalue weighted by molar-refractivity contribution is 8.00. The molecule has 1 heterocycles. The molecule has 0 aliphatic heterocycles. The minimum absolute atomic E-state index is 0.111. The largest absolute Gasteiger partial charge is 0.494 e. The smallest absolute Gasteiger partial charge is 0.277 e. The third-order valence-electron chi connectivity index (χ3n) is 4.13. The number of hydrogen-bond acceptors (Lipinski definition) is 6. The molecular weight excluding hydrogens is 393 g/mol. The average Bonchev–Trinajstić information content (AvgIpc) is 3.16. The lowest BCUT2D eigenvalue weighted by Gasteiger charge is -2.20. The van der Waals surface area contributed by atoms with Crippen LogP contribution in [0.25, 0.3) is 11.5 Å². The lowest BCUT2D eigenvalue weighted by atomic mass is 10.2. The Bertz CT molecular complexity index is 962. The molecule has 1 atom stereocenters. The van der Waals surface area contributed by atoms with Crippen LogP contribution < -0.4 is 4.74 Å². The summed E-state index contributed by atoms with van der Waals surface area (Å²) in [6, 6.07) is 13.6. The molecule has 1 amide bonds. The normalized spacial score (nSPS) is 11.9. The lowest BCUT2D eigenvalue weighted by Crippen LogP contribution is -2.32. The maximum atomic E-state index is 13.3. The van der Waals surface area contributed by atoms with Crippen LogP contribution in [0.5, 0.6) is 5.75 Å². The zero-order valence-electron chi connectivity index (χ0n) is 16.5. The van der Waals surface area contributed by atoms with E-state index in [-0.39, 0.29) is 11.7 Å². The Hall–Kier alpha value is -2.87. The van der Waals surface area contributed by atoms with Crippen LogP contribution in [0.1, 0.15) is 19.4 Å². The van der Waals surface area contributed by atoms with Gasteiger partial charge >= 0.3 is 0 Å². The molecule has 152 valence electrons. The van der Waals surface area contributed by atoms with Gasteiger partial charge in [-0.15, -0.1) is 10.2 Å². The SMILES string of the molecule is CCOc1ccc(-c2nnc(S[C@@H](C)C(=O)N(C)Cc3cccc(F)c3)o2)cc1. The molecule has 0 saturated heterocycles. The van der Waals surface area contributed by atoms with Crippen LogP contribution in [-0.4, -0.2) is 39.9 Å². The number of rotatable bonds is 8. The zero-order valence-corrected chi connectivity index (χ0v) is 17.3. The van der Waals surface area contributed by atoms with Gasteiger partial charge in [0.15, 0.2) is 0 Å². The first-order valence-electron chi connectivity index (χ1n) is 9.19. The highest BCUT2D eigenvalue weighted by Crippen LogP contribution is 2.28. The summed E-state index contributed by atoms with van der Waals surface area (Å²) < 4.78 is 24.4. The fraction of sp³-hybridized carbons (Fsp3) is 0.286. The number of hydrogen-bond donors (Lipinski definition) is 0. The molecule has 0 radical (unpaired) electrons. The standard InChI is InChI=1S/C21H22FN3O3S/c1-4-27-18-10-8-16(9-11-18)19-23-24-21(28-19)29-14(2)20(26)25(3)13-15-6-5-7-17(22)12-15/h5-12,14H,4,13H2,1-3H3/t14-/m0/s1. The van der Waals surface area contributed by atoms with Crippen molar-refractivity contribution >= 4 is 17.7 Å². The maximum Gasteiger partial charge on any atom is 0.277 e. The van der Waals surface area contributed by atoms with E-state index in [1.165, 1.54) is 23.9 Å². The molecule has 8 heteroatoms. The van der Waals surface area contributed by atoms with Crippen molar-refractivity contribution in [3.05, 3.63) is 59.9 Å². The van der Waals surface area contributed by atoms with E-state index in [0.717, 1.165) is 16.9 Å². The first-order chi connectivity index (χ1) is 14.0. The Morgan fingerprint density at radius 1 is 1.24 bits per heavy atom. The van der Waals surface area contributed by atoms with Crippen molar-refractivity contribution in [1.29, 1.82) is 0 Å². The van der Waals surface area contributed by atoms with Crippen LogP contribution in [0.2, 0.25) is 0 Å². The molecule has 0 fully saturated rings. The summed E-state index contributed by atoms with van der Waals surface area (Å²) >= 11 is 1.19. The van der Waals surface area contributed by atoms with Crippen LogP contribution in [0.4, 0.5) is 4.39 Å². The lowest BCUT2D eigenvalue weighted by molar-refractivity contribution is -0.129. The first kappa shape index (κ1) is 20.9. The molecule has 3 rings (SSSR count). The topological polar surface area (TPSA) is 68.5 Å². The Labute approximate surface area is 173 Å². The molecule has 0 aliphatic rings. The Kier molecular flexibility index (Phi) is 6.87. The van der Waals surface area contributed by atoms with E-state index in [1.807, 2.05) is 31.2 Å². The van der Waals surface area contributed by atoms with E-state index in [1.54, 1.807) is 31.0 Å². The van der Waals surface area contributed by atoms with E-state index >= 15 is 0 Å². The van der Waals surface area contributed by atoms with Crippen molar-refractivity contribution in [3.63, 3.8) is 0 Å². The number of carbonyl (C=O) groups is 1. The monoisotopic (exact) mass is 415 g/mol. The summed E-state index contributed by atoms with van der Waals surface area (Å²) in [6.07, 6.45) is 0. The van der Waals surface area contributed by atoms with Gasteiger partial charge in [0.25, 0.3) is 5.22 Å². The van der Waals surface area contributed by atoms with Gasteiger partial charge in [0.05, 0.1) is 11.9 Å². The quantitative estimate of drug-likeness (QED) is 0.508. The summed E-state index contributed by atoms with van der Waals surface area (Å²) in [5.41, 5.74) is 1.50. The van der Waals surface area contributed by atoms with Gasteiger partial charge in [-0.05, 0) is 55.8 Å². The van der Waals surface area contributed by atoms with Gasteiger partial charge < -0.3 is 14.1 Å². The van der Waals surface area contributed by atoms with Gasteiger partial charge in [-0.1, -0.05) is 23.9 Å². The van der Waals surface area contributed by atoms with Gasteiger partial charge in [0.1, 0.15) is 11.6 Å². The number of amides is 1. The van der Waals surface area contributed by atoms with E-state index in [2.05, 4.69) is 10.2 Å². The summed E-state index contributed by atoms with van der Waals surface area (Å²) in [5.74, 6) is 0.716. The molecular formula is C21H22FN3O3S. The number of benzene rings is 2. The number of thioether (sulfide) groups is 1. The van der Waals surface area contributed by atoms with Crippen molar-refractivity contribution in [3.8, 4) is 17.2 Å². The molecule has 0 saturated carbocycles. The molecule has 0 N–H and O–H groups in total. The first-order valence-corrected chi connectivity index (χ1v) is 10.1. The molecule has 29 heavy (non-hydrogen) atoms. The predicted octanol–water partition coefficient (Wildman–Crippen LogP) is 4.41. The van der Waals surface area contributed by atoms with Crippen LogP contribution in [0.15, 0.2) is 58.2 Å². The third kappa shape index (κ3) is 5.57. The number of aromatic nitrogens is 2. The Morgan fingerprint density at radius 3 is 2.69 bits per heavy atom. The molecule has 3 aromatic rings. The number of halogens is 1. The van der Waals surface area contributed by atoms with Gasteiger partial charge in [0, 0.05) is 19.2 Å². The molecule has 6 nitrogen and oxygen atoms in total. The Morgan fingerprint density at radius 2 is 2.00 bits per heavy atom. The van der Waals surface area contributed by atoms with E-state index in [0.29, 0.717) is 24.3 Å². The van der Waals surface area contributed by atoms with Crippen LogP contribution >= 0.6 is 11.8 Å². The fourth-order valence-electron chi connectivity index (χ4n) is 2.73. The molecule has 2 aromatic carbocycles. The Balaban J connectivity index is 1.60. The van der Waals surface area contributed by atoms with E-state index in [4.69, 9.17) is 9.15 Å². The predicted molar refractivity (Wildman–Crippen MR) is 109 cm³/mol. The summed E-state index contributed by atoms with van der Waals surface area (Å²) in [6.45, 7) is 4.62. The minimum Gasteiger partial charge on any atom is -0.494 e. The average molecular weight is 415 g/mol. The van der Waals surface area contributed by atoms with E-state index < -0.39 is 5.25 Å². The second kappa shape index (κ2) is 9.56. The fourth-order valence-corrected chi connectivity index (χ4v) is 3.53. The highest BCUT2D eigenvalue weighted by atomic mass is 32.2. The molecule has 0 unspecified atom stereocenters. The summed E-state index contributed by atoms with van der Waals surface area (Å²) in [4.78, 5) is 14.2. The van der Waals surface area contributed by atoms with Crippen molar-refractivity contribution in [2.24, 2.45) is 0 Å². The van der Waals surface area contributed by atoms with Crippen molar-refractivity contribution in [1.82, 2.24) is 15.1 Å². The highest BCUT2D eigenvalue weighted by Gasteiger charge is 2.22. The molecule has 1 aromatic heterocycles. The van der Waals surface area contributed by atoms with Gasteiger partial charge in [0.2, 0.25) is 11.8 Å². The molecule has 0 spiro atoms. The second-order valence-corrected chi connectivity index (χ2v) is 7.71. The number of nitrogens with zero attached hydrogens (tertiary/aromatic N) is 3. The zero-order chi connectivity index (χ0) is 20.8. The van der Waals surface area contributed by atoms with E-state index in [9.17, 15) is 9.18 Å². The van der Waals surface area contributed by atoms with Gasteiger partial charge in [-0.3, -0.25) is 4.79 Å². The van der Waals surface area contributed by atoms with Crippen LogP contribution in [0.3, 0.4) is 0 Å². The summed E-state index contributed by atoms with van der Waals surface area (Å²) in [5, 5.41) is 7.96. The number of ether oxygens (including phenoxy) is 1. The van der Waals surface area contributed by atoms with Gasteiger partial charge in [-0.25, -0.2) is 4.39 Å². The van der Waals surface area contributed by atoms with Crippen LogP contribution in [0, 0.1) is 5.82 Å². The summed E-state index contributed by atoms with van der Waals surface area (Å²) in [7, 11) is 1.68. The molecule has 0 aliphatic carbocycles. The number of carbonyl (C=O) groups excluding carboxylic acids is 1. The minimum atomic E-state index is -0.429. The third-order valence-corrected chi connectivity index (χ3v) is 5.05. The van der Waals surface area contributed by atoms with Crippen molar-refractivity contribution in [2.75, 3.05) is 13.7 Å². The van der Waals surface area contributed by atoms with Crippen molar-refractivity contribution in [2.45, 2.75) is 30.9 Å².